The van der Waals surface area contributed by atoms with Crippen molar-refractivity contribution in [3.8, 4) is 11.4 Å². The maximum Gasteiger partial charge on any atom is 0.234 e. The van der Waals surface area contributed by atoms with Crippen molar-refractivity contribution < 1.29 is 0 Å². The summed E-state index contributed by atoms with van der Waals surface area (Å²) >= 11 is 1.60. The van der Waals surface area contributed by atoms with E-state index in [-0.39, 0.29) is 0 Å². The Labute approximate surface area is 137 Å². The average Bonchev–Trinajstić information content (AvgIpc) is 3.15. The van der Waals surface area contributed by atoms with Gasteiger partial charge in [-0.25, -0.2) is 0 Å². The standard InChI is InChI=1S/C17H15N5S/c1-12-2-4-13(5-3-12)6-7-15-21-22-16(19-20-17(22)23-15)14-8-10-18-11-9-14/h2-5,8-11H,6-7H2,1H3. The van der Waals surface area contributed by atoms with Crippen LogP contribution in [0.2, 0.25) is 0 Å². The van der Waals surface area contributed by atoms with Gasteiger partial charge in [-0.15, -0.1) is 10.2 Å². The Hall–Kier alpha value is -2.60. The minimum atomic E-state index is 0.764. The summed E-state index contributed by atoms with van der Waals surface area (Å²) in [6.45, 7) is 2.10. The molecule has 3 aromatic heterocycles. The van der Waals surface area contributed by atoms with Gasteiger partial charge in [0.05, 0.1) is 0 Å². The Balaban J connectivity index is 1.57. The zero-order valence-corrected chi connectivity index (χ0v) is 13.5. The molecule has 6 heteroatoms. The first kappa shape index (κ1) is 14.0. The van der Waals surface area contributed by atoms with E-state index < -0.39 is 0 Å². The van der Waals surface area contributed by atoms with E-state index in [4.69, 9.17) is 0 Å². The summed E-state index contributed by atoms with van der Waals surface area (Å²) in [4.78, 5) is 4.86. The first-order valence-corrected chi connectivity index (χ1v) is 8.28. The SMILES string of the molecule is Cc1ccc(CCc2nn3c(-c4ccncc4)nnc3s2)cc1. The predicted octanol–water partition coefficient (Wildman–Crippen LogP) is 3.34. The minimum absolute atomic E-state index is 0.764. The number of fused-ring (bicyclic) bond motifs is 1. The molecule has 1 aromatic carbocycles. The highest BCUT2D eigenvalue weighted by Gasteiger charge is 2.13. The fraction of sp³-hybridized carbons (Fsp3) is 0.176. The summed E-state index contributed by atoms with van der Waals surface area (Å²) < 4.78 is 1.82. The second kappa shape index (κ2) is 5.89. The molecule has 0 spiro atoms. The smallest absolute Gasteiger partial charge is 0.234 e. The van der Waals surface area contributed by atoms with E-state index in [1.165, 1.54) is 11.1 Å². The maximum atomic E-state index is 4.67. The van der Waals surface area contributed by atoms with E-state index in [0.29, 0.717) is 0 Å². The van der Waals surface area contributed by atoms with E-state index in [2.05, 4.69) is 51.5 Å². The molecule has 4 aromatic rings. The molecule has 0 aliphatic heterocycles. The van der Waals surface area contributed by atoms with Gasteiger partial charge in [-0.2, -0.15) is 9.61 Å². The Morgan fingerprint density at radius 2 is 1.74 bits per heavy atom. The van der Waals surface area contributed by atoms with Gasteiger partial charge in [0.2, 0.25) is 4.96 Å². The van der Waals surface area contributed by atoms with Gasteiger partial charge in [0.25, 0.3) is 0 Å². The lowest BCUT2D eigenvalue weighted by Crippen LogP contribution is -1.95. The zero-order valence-electron chi connectivity index (χ0n) is 12.7. The molecule has 0 fully saturated rings. The van der Waals surface area contributed by atoms with E-state index in [1.54, 1.807) is 23.7 Å². The number of rotatable bonds is 4. The van der Waals surface area contributed by atoms with Crippen molar-refractivity contribution in [3.05, 3.63) is 64.9 Å². The monoisotopic (exact) mass is 321 g/mol. The first-order valence-electron chi connectivity index (χ1n) is 7.47. The van der Waals surface area contributed by atoms with Gasteiger partial charge < -0.3 is 0 Å². The van der Waals surface area contributed by atoms with Crippen LogP contribution < -0.4 is 0 Å². The fourth-order valence-electron chi connectivity index (χ4n) is 2.44. The first-order chi connectivity index (χ1) is 11.3. The van der Waals surface area contributed by atoms with Gasteiger partial charge in [-0.3, -0.25) is 4.98 Å². The van der Waals surface area contributed by atoms with Crippen molar-refractivity contribution in [3.63, 3.8) is 0 Å². The predicted molar refractivity (Wildman–Crippen MR) is 90.5 cm³/mol. The number of hydrogen-bond acceptors (Lipinski definition) is 5. The lowest BCUT2D eigenvalue weighted by atomic mass is 10.1. The molecule has 23 heavy (non-hydrogen) atoms. The number of aryl methyl sites for hydroxylation is 3. The molecule has 0 atom stereocenters. The highest BCUT2D eigenvalue weighted by atomic mass is 32.1. The summed E-state index contributed by atoms with van der Waals surface area (Å²) in [5, 5.41) is 14.2. The molecule has 4 rings (SSSR count). The van der Waals surface area contributed by atoms with Crippen LogP contribution in [0, 0.1) is 6.92 Å². The molecule has 0 saturated carbocycles. The Bertz CT molecular complexity index is 925. The van der Waals surface area contributed by atoms with Crippen molar-refractivity contribution in [2.75, 3.05) is 0 Å². The lowest BCUT2D eigenvalue weighted by Gasteiger charge is -1.99. The molecule has 0 saturated heterocycles. The lowest BCUT2D eigenvalue weighted by molar-refractivity contribution is 0.865. The molecule has 0 amide bonds. The maximum absolute atomic E-state index is 4.67. The third-order valence-corrected chi connectivity index (χ3v) is 4.68. The highest BCUT2D eigenvalue weighted by Crippen LogP contribution is 2.21. The van der Waals surface area contributed by atoms with Crippen LogP contribution in [0.5, 0.6) is 0 Å². The molecule has 0 unspecified atom stereocenters. The van der Waals surface area contributed by atoms with E-state index in [0.717, 1.165) is 34.2 Å². The number of aromatic nitrogens is 5. The number of nitrogens with zero attached hydrogens (tertiary/aromatic N) is 5. The number of benzene rings is 1. The second-order valence-corrected chi connectivity index (χ2v) is 6.48. The topological polar surface area (TPSA) is 56.0 Å². The van der Waals surface area contributed by atoms with Crippen LogP contribution in [0.4, 0.5) is 0 Å². The van der Waals surface area contributed by atoms with Crippen molar-refractivity contribution in [2.45, 2.75) is 19.8 Å². The van der Waals surface area contributed by atoms with Crippen LogP contribution in [0.25, 0.3) is 16.3 Å². The summed E-state index contributed by atoms with van der Waals surface area (Å²) in [6, 6.07) is 12.5. The van der Waals surface area contributed by atoms with E-state index in [1.807, 2.05) is 16.6 Å². The van der Waals surface area contributed by atoms with Gasteiger partial charge in [-0.1, -0.05) is 41.2 Å². The normalized spacial score (nSPS) is 11.2. The van der Waals surface area contributed by atoms with E-state index in [9.17, 15) is 0 Å². The van der Waals surface area contributed by atoms with Gasteiger partial charge in [-0.05, 0) is 31.0 Å². The van der Waals surface area contributed by atoms with Crippen LogP contribution in [-0.4, -0.2) is 24.8 Å². The van der Waals surface area contributed by atoms with Crippen molar-refractivity contribution in [1.29, 1.82) is 0 Å². The van der Waals surface area contributed by atoms with Gasteiger partial charge in [0.1, 0.15) is 5.01 Å². The van der Waals surface area contributed by atoms with E-state index >= 15 is 0 Å². The highest BCUT2D eigenvalue weighted by molar-refractivity contribution is 7.16. The van der Waals surface area contributed by atoms with Gasteiger partial charge in [0, 0.05) is 24.4 Å². The van der Waals surface area contributed by atoms with Gasteiger partial charge >= 0.3 is 0 Å². The zero-order chi connectivity index (χ0) is 15.6. The summed E-state index contributed by atoms with van der Waals surface area (Å²) in [5.41, 5.74) is 3.59. The van der Waals surface area contributed by atoms with Crippen LogP contribution in [0.1, 0.15) is 16.1 Å². The Kier molecular flexibility index (Phi) is 3.59. The van der Waals surface area contributed by atoms with Crippen molar-refractivity contribution in [1.82, 2.24) is 24.8 Å². The molecular formula is C17H15N5S. The van der Waals surface area contributed by atoms with Crippen molar-refractivity contribution in [2.24, 2.45) is 0 Å². The quantitative estimate of drug-likeness (QED) is 0.578. The fourth-order valence-corrected chi connectivity index (χ4v) is 3.28. The van der Waals surface area contributed by atoms with Crippen molar-refractivity contribution >= 4 is 16.3 Å². The molecule has 114 valence electrons. The number of pyridine rings is 1. The largest absolute Gasteiger partial charge is 0.265 e. The molecular weight excluding hydrogens is 306 g/mol. The molecule has 0 bridgehead atoms. The molecule has 0 aliphatic rings. The van der Waals surface area contributed by atoms with Crippen LogP contribution in [-0.2, 0) is 12.8 Å². The minimum Gasteiger partial charge on any atom is -0.265 e. The summed E-state index contributed by atoms with van der Waals surface area (Å²) in [6.07, 6.45) is 5.39. The molecule has 3 heterocycles. The van der Waals surface area contributed by atoms with Crippen LogP contribution >= 0.6 is 11.3 Å². The van der Waals surface area contributed by atoms with Gasteiger partial charge in [0.15, 0.2) is 5.82 Å². The average molecular weight is 321 g/mol. The Morgan fingerprint density at radius 1 is 0.957 bits per heavy atom. The molecule has 5 nitrogen and oxygen atoms in total. The molecule has 0 N–H and O–H groups in total. The number of hydrogen-bond donors (Lipinski definition) is 0. The molecule has 0 radical (unpaired) electrons. The molecule has 0 aliphatic carbocycles. The Morgan fingerprint density at radius 3 is 2.52 bits per heavy atom. The second-order valence-electron chi connectivity index (χ2n) is 5.44. The summed E-state index contributed by atoms with van der Waals surface area (Å²) in [5.74, 6) is 0.764. The van der Waals surface area contributed by atoms with Crippen LogP contribution in [0.3, 0.4) is 0 Å². The third-order valence-electron chi connectivity index (χ3n) is 3.72. The van der Waals surface area contributed by atoms with Crippen LogP contribution in [0.15, 0.2) is 48.8 Å². The summed E-state index contributed by atoms with van der Waals surface area (Å²) in [7, 11) is 0. The third kappa shape index (κ3) is 2.85.